The van der Waals surface area contributed by atoms with Crippen LogP contribution in [0.2, 0.25) is 0 Å². The van der Waals surface area contributed by atoms with Gasteiger partial charge < -0.3 is 10.6 Å². The Morgan fingerprint density at radius 2 is 1.84 bits per heavy atom. The smallest absolute Gasteiger partial charge is 0.0481 e. The molecule has 1 aliphatic heterocycles. The summed E-state index contributed by atoms with van der Waals surface area (Å²) in [5.41, 5.74) is 2.86. The lowest BCUT2D eigenvalue weighted by molar-refractivity contribution is 0.224. The summed E-state index contributed by atoms with van der Waals surface area (Å²) in [6.45, 7) is 11.1. The monoisotopic (exact) mass is 261 g/mol. The molecule has 2 N–H and O–H groups in total. The van der Waals surface area contributed by atoms with Crippen LogP contribution in [0.25, 0.3) is 0 Å². The summed E-state index contributed by atoms with van der Waals surface area (Å²) in [5, 5.41) is 6.91. The highest BCUT2D eigenvalue weighted by atomic mass is 15.2. The molecule has 1 aliphatic rings. The molecule has 1 saturated heterocycles. The van der Waals surface area contributed by atoms with E-state index in [2.05, 4.69) is 53.6 Å². The summed E-state index contributed by atoms with van der Waals surface area (Å²) in [7, 11) is 0. The van der Waals surface area contributed by atoms with Gasteiger partial charge in [-0.15, -0.1) is 0 Å². The van der Waals surface area contributed by atoms with Crippen molar-refractivity contribution in [2.75, 3.05) is 39.4 Å². The molecule has 0 unspecified atom stereocenters. The Bertz CT molecular complexity index is 353. The first-order chi connectivity index (χ1) is 9.25. The second kappa shape index (κ2) is 7.63. The lowest BCUT2D eigenvalue weighted by Crippen LogP contribution is -2.47. The van der Waals surface area contributed by atoms with Crippen LogP contribution in [0.3, 0.4) is 0 Å². The molecule has 1 aromatic rings. The van der Waals surface area contributed by atoms with Crippen molar-refractivity contribution in [1.29, 1.82) is 0 Å². The topological polar surface area (TPSA) is 27.3 Å². The van der Waals surface area contributed by atoms with Crippen LogP contribution in [0.15, 0.2) is 24.3 Å². The summed E-state index contributed by atoms with van der Waals surface area (Å²) in [5.74, 6) is 0.625. The minimum Gasteiger partial charge on any atom is -0.314 e. The zero-order chi connectivity index (χ0) is 13.5. The quantitative estimate of drug-likeness (QED) is 0.765. The Labute approximate surface area is 117 Å². The number of nitrogens with one attached hydrogen (secondary N) is 2. The van der Waals surface area contributed by atoms with Gasteiger partial charge in [-0.1, -0.05) is 38.1 Å². The van der Waals surface area contributed by atoms with Crippen LogP contribution in [-0.2, 0) is 6.42 Å². The number of benzene rings is 1. The van der Waals surface area contributed by atoms with Gasteiger partial charge in [0.15, 0.2) is 0 Å². The standard InChI is InChI=1S/C16H27N3/c1-14(2)16-5-3-15(4-6-16)7-8-18-13-19-11-9-17-10-12-19/h3-6,14,17-18H,7-13H2,1-2H3. The number of rotatable bonds is 6. The molecule has 19 heavy (non-hydrogen) atoms. The Balaban J connectivity index is 1.64. The van der Waals surface area contributed by atoms with Gasteiger partial charge in [-0.25, -0.2) is 0 Å². The molecule has 0 spiro atoms. The minimum atomic E-state index is 0.625. The van der Waals surface area contributed by atoms with Gasteiger partial charge in [0.05, 0.1) is 0 Å². The van der Waals surface area contributed by atoms with Crippen LogP contribution in [0.5, 0.6) is 0 Å². The second-order valence-corrected chi connectivity index (χ2v) is 5.67. The average Bonchev–Trinajstić information content (AvgIpc) is 2.45. The molecule has 0 bridgehead atoms. The van der Waals surface area contributed by atoms with Crippen molar-refractivity contribution in [1.82, 2.24) is 15.5 Å². The summed E-state index contributed by atoms with van der Waals surface area (Å²) in [6.07, 6.45) is 1.12. The highest BCUT2D eigenvalue weighted by molar-refractivity contribution is 5.24. The SMILES string of the molecule is CC(C)c1ccc(CCNCN2CCNCC2)cc1. The van der Waals surface area contributed by atoms with Crippen molar-refractivity contribution in [2.45, 2.75) is 26.2 Å². The van der Waals surface area contributed by atoms with Crippen molar-refractivity contribution in [3.8, 4) is 0 Å². The molecule has 1 fully saturated rings. The third-order valence-corrected chi connectivity index (χ3v) is 3.78. The maximum absolute atomic E-state index is 3.54. The first-order valence-electron chi connectivity index (χ1n) is 7.48. The van der Waals surface area contributed by atoms with E-state index in [-0.39, 0.29) is 0 Å². The first-order valence-corrected chi connectivity index (χ1v) is 7.48. The minimum absolute atomic E-state index is 0.625. The maximum atomic E-state index is 3.54. The van der Waals surface area contributed by atoms with Crippen molar-refractivity contribution in [3.63, 3.8) is 0 Å². The van der Waals surface area contributed by atoms with E-state index < -0.39 is 0 Å². The Kier molecular flexibility index (Phi) is 5.83. The highest BCUT2D eigenvalue weighted by Crippen LogP contribution is 2.14. The van der Waals surface area contributed by atoms with Crippen molar-refractivity contribution in [2.24, 2.45) is 0 Å². The predicted octanol–water partition coefficient (Wildman–Crippen LogP) is 1.80. The third kappa shape index (κ3) is 4.94. The van der Waals surface area contributed by atoms with Crippen LogP contribution in [0, 0.1) is 0 Å². The van der Waals surface area contributed by atoms with Crippen LogP contribution in [-0.4, -0.2) is 44.3 Å². The molecule has 0 aromatic heterocycles. The summed E-state index contributed by atoms with van der Waals surface area (Å²) >= 11 is 0. The van der Waals surface area contributed by atoms with E-state index in [4.69, 9.17) is 0 Å². The maximum Gasteiger partial charge on any atom is 0.0481 e. The Hall–Kier alpha value is -0.900. The summed E-state index contributed by atoms with van der Waals surface area (Å²) < 4.78 is 0. The largest absolute Gasteiger partial charge is 0.314 e. The third-order valence-electron chi connectivity index (χ3n) is 3.78. The number of nitrogens with zero attached hydrogens (tertiary/aromatic N) is 1. The number of piperazine rings is 1. The van der Waals surface area contributed by atoms with Gasteiger partial charge in [-0.05, 0) is 23.5 Å². The molecular weight excluding hydrogens is 234 g/mol. The van der Waals surface area contributed by atoms with Gasteiger partial charge in [-0.3, -0.25) is 4.90 Å². The van der Waals surface area contributed by atoms with Gasteiger partial charge >= 0.3 is 0 Å². The molecule has 3 heteroatoms. The molecule has 1 aromatic carbocycles. The first kappa shape index (κ1) is 14.5. The van der Waals surface area contributed by atoms with Gasteiger partial charge in [0.1, 0.15) is 0 Å². The Morgan fingerprint density at radius 3 is 2.47 bits per heavy atom. The molecule has 0 amide bonds. The van der Waals surface area contributed by atoms with E-state index in [1.807, 2.05) is 0 Å². The van der Waals surface area contributed by atoms with E-state index in [1.54, 1.807) is 0 Å². The molecular formula is C16H27N3. The van der Waals surface area contributed by atoms with E-state index >= 15 is 0 Å². The van der Waals surface area contributed by atoms with Crippen molar-refractivity contribution < 1.29 is 0 Å². The summed E-state index contributed by atoms with van der Waals surface area (Å²) in [6, 6.07) is 9.05. The van der Waals surface area contributed by atoms with Gasteiger partial charge in [0.25, 0.3) is 0 Å². The Morgan fingerprint density at radius 1 is 1.16 bits per heavy atom. The zero-order valence-electron chi connectivity index (χ0n) is 12.3. The fourth-order valence-corrected chi connectivity index (χ4v) is 2.41. The molecule has 0 atom stereocenters. The van der Waals surface area contributed by atoms with E-state index in [0.29, 0.717) is 5.92 Å². The van der Waals surface area contributed by atoms with Crippen LogP contribution in [0.1, 0.15) is 30.9 Å². The molecule has 2 rings (SSSR count). The normalized spacial score (nSPS) is 17.0. The van der Waals surface area contributed by atoms with Gasteiger partial charge in [0, 0.05) is 39.4 Å². The van der Waals surface area contributed by atoms with Gasteiger partial charge in [-0.2, -0.15) is 0 Å². The van der Waals surface area contributed by atoms with E-state index in [9.17, 15) is 0 Å². The van der Waals surface area contributed by atoms with Crippen LogP contribution in [0.4, 0.5) is 0 Å². The second-order valence-electron chi connectivity index (χ2n) is 5.67. The summed E-state index contributed by atoms with van der Waals surface area (Å²) in [4.78, 5) is 2.47. The van der Waals surface area contributed by atoms with E-state index in [0.717, 1.165) is 45.8 Å². The lowest BCUT2D eigenvalue weighted by Gasteiger charge is -2.27. The molecule has 0 radical (unpaired) electrons. The van der Waals surface area contributed by atoms with E-state index in [1.165, 1.54) is 11.1 Å². The molecule has 3 nitrogen and oxygen atoms in total. The molecule has 0 aliphatic carbocycles. The average molecular weight is 261 g/mol. The molecule has 0 saturated carbocycles. The van der Waals surface area contributed by atoms with Crippen LogP contribution < -0.4 is 10.6 Å². The zero-order valence-corrected chi connectivity index (χ0v) is 12.3. The highest BCUT2D eigenvalue weighted by Gasteiger charge is 2.07. The molecule has 106 valence electrons. The van der Waals surface area contributed by atoms with Crippen molar-refractivity contribution in [3.05, 3.63) is 35.4 Å². The predicted molar refractivity (Wildman–Crippen MR) is 81.5 cm³/mol. The number of hydrogen-bond acceptors (Lipinski definition) is 3. The fourth-order valence-electron chi connectivity index (χ4n) is 2.41. The fraction of sp³-hybridized carbons (Fsp3) is 0.625. The van der Waals surface area contributed by atoms with Gasteiger partial charge in [0.2, 0.25) is 0 Å². The van der Waals surface area contributed by atoms with Crippen LogP contribution >= 0.6 is 0 Å². The van der Waals surface area contributed by atoms with Crippen molar-refractivity contribution >= 4 is 0 Å². The lowest BCUT2D eigenvalue weighted by atomic mass is 10.0. The number of hydrogen-bond donors (Lipinski definition) is 2. The molecule has 1 heterocycles.